The minimum absolute atomic E-state index is 0.0992. The zero-order valence-corrected chi connectivity index (χ0v) is 16.7. The van der Waals surface area contributed by atoms with Gasteiger partial charge in [0.15, 0.2) is 11.5 Å². The molecule has 26 heavy (non-hydrogen) atoms. The van der Waals surface area contributed by atoms with E-state index in [0.29, 0.717) is 14.9 Å². The summed E-state index contributed by atoms with van der Waals surface area (Å²) in [6, 6.07) is 13.4. The maximum atomic E-state index is 12.8. The minimum atomic E-state index is -0.389. The molecule has 0 bridgehead atoms. The Hall–Kier alpha value is -2.26. The van der Waals surface area contributed by atoms with E-state index in [1.54, 1.807) is 6.07 Å². The molecule has 7 heteroatoms. The van der Waals surface area contributed by atoms with Crippen molar-refractivity contribution < 1.29 is 14.6 Å². The normalized spacial score (nSPS) is 15.8. The number of aromatic hydroxyl groups is 1. The number of phenolic OH excluding ortho intramolecular Hbond substituents is 1. The Balaban J connectivity index is 1.71. The molecule has 0 radical (unpaired) electrons. The van der Waals surface area contributed by atoms with E-state index in [4.69, 9.17) is 4.74 Å². The van der Waals surface area contributed by atoms with E-state index >= 15 is 0 Å². The number of benzene rings is 2. The molecule has 5 nitrogen and oxygen atoms in total. The van der Waals surface area contributed by atoms with Crippen LogP contribution in [0, 0.1) is 3.57 Å². The SMILES string of the molecule is COc1cc([C@@H]2NC(=O)c3c(-c4ccccc4)csc3N2)cc(I)c1O. The molecule has 1 atom stereocenters. The van der Waals surface area contributed by atoms with Crippen molar-refractivity contribution >= 4 is 44.8 Å². The molecular weight excluding hydrogens is 463 g/mol. The monoisotopic (exact) mass is 478 g/mol. The highest BCUT2D eigenvalue weighted by atomic mass is 127. The number of nitrogens with one attached hydrogen (secondary N) is 2. The van der Waals surface area contributed by atoms with Crippen LogP contribution in [0.25, 0.3) is 11.1 Å². The first-order valence-corrected chi connectivity index (χ1v) is 9.85. The summed E-state index contributed by atoms with van der Waals surface area (Å²) in [4.78, 5) is 12.8. The van der Waals surface area contributed by atoms with Gasteiger partial charge in [-0.1, -0.05) is 30.3 Å². The number of methoxy groups -OCH3 is 1. The third-order valence-electron chi connectivity index (χ3n) is 4.26. The van der Waals surface area contributed by atoms with Gasteiger partial charge in [0, 0.05) is 10.9 Å². The van der Waals surface area contributed by atoms with Crippen molar-refractivity contribution in [2.75, 3.05) is 12.4 Å². The lowest BCUT2D eigenvalue weighted by Gasteiger charge is -2.27. The van der Waals surface area contributed by atoms with Gasteiger partial charge in [-0.25, -0.2) is 0 Å². The number of phenols is 1. The zero-order valence-electron chi connectivity index (χ0n) is 13.7. The van der Waals surface area contributed by atoms with Gasteiger partial charge < -0.3 is 20.5 Å². The number of hydrogen-bond donors (Lipinski definition) is 3. The Morgan fingerprint density at radius 1 is 1.19 bits per heavy atom. The summed E-state index contributed by atoms with van der Waals surface area (Å²) in [5.74, 6) is 0.359. The quantitative estimate of drug-likeness (QED) is 0.482. The Bertz CT molecular complexity index is 988. The Labute approximate surface area is 168 Å². The van der Waals surface area contributed by atoms with E-state index in [1.807, 2.05) is 64.4 Å². The van der Waals surface area contributed by atoms with Gasteiger partial charge in [0.2, 0.25) is 0 Å². The molecule has 1 aliphatic heterocycles. The molecule has 0 fully saturated rings. The van der Waals surface area contributed by atoms with Crippen molar-refractivity contribution in [3.8, 4) is 22.6 Å². The van der Waals surface area contributed by atoms with Crippen molar-refractivity contribution in [3.05, 3.63) is 62.5 Å². The fourth-order valence-corrected chi connectivity index (χ4v) is 4.59. The second kappa shape index (κ2) is 6.81. The van der Waals surface area contributed by atoms with Gasteiger partial charge in [-0.3, -0.25) is 4.79 Å². The molecule has 1 aromatic heterocycles. The molecule has 2 aromatic carbocycles. The maximum absolute atomic E-state index is 12.8. The van der Waals surface area contributed by atoms with Crippen LogP contribution in [0.3, 0.4) is 0 Å². The van der Waals surface area contributed by atoms with Gasteiger partial charge in [-0.2, -0.15) is 0 Å². The zero-order chi connectivity index (χ0) is 18.3. The number of hydrogen-bond acceptors (Lipinski definition) is 5. The molecule has 0 spiro atoms. The lowest BCUT2D eigenvalue weighted by molar-refractivity contribution is 0.0937. The minimum Gasteiger partial charge on any atom is -0.504 e. The number of carbonyl (C=O) groups excluding carboxylic acids is 1. The summed E-state index contributed by atoms with van der Waals surface area (Å²) in [6.07, 6.45) is -0.389. The molecule has 3 aromatic rings. The van der Waals surface area contributed by atoms with E-state index in [0.717, 1.165) is 21.7 Å². The van der Waals surface area contributed by atoms with Gasteiger partial charge in [-0.15, -0.1) is 11.3 Å². The molecule has 132 valence electrons. The molecule has 3 N–H and O–H groups in total. The largest absolute Gasteiger partial charge is 0.504 e. The van der Waals surface area contributed by atoms with Crippen molar-refractivity contribution in [1.29, 1.82) is 0 Å². The van der Waals surface area contributed by atoms with Crippen molar-refractivity contribution in [2.45, 2.75) is 6.17 Å². The van der Waals surface area contributed by atoms with Crippen LogP contribution >= 0.6 is 33.9 Å². The summed E-state index contributed by atoms with van der Waals surface area (Å²) in [5, 5.41) is 19.2. The van der Waals surface area contributed by atoms with Gasteiger partial charge >= 0.3 is 0 Å². The molecule has 1 amide bonds. The summed E-state index contributed by atoms with van der Waals surface area (Å²) < 4.78 is 5.88. The fraction of sp³-hybridized carbons (Fsp3) is 0.105. The Kier molecular flexibility index (Phi) is 4.49. The first-order chi connectivity index (χ1) is 12.6. The van der Waals surface area contributed by atoms with Crippen molar-refractivity contribution in [3.63, 3.8) is 0 Å². The van der Waals surface area contributed by atoms with Crippen LogP contribution in [0.1, 0.15) is 22.1 Å². The van der Waals surface area contributed by atoms with Crippen molar-refractivity contribution in [2.24, 2.45) is 0 Å². The lowest BCUT2D eigenvalue weighted by Crippen LogP contribution is -2.38. The van der Waals surface area contributed by atoms with Crippen LogP contribution in [-0.4, -0.2) is 18.1 Å². The predicted octanol–water partition coefficient (Wildman–Crippen LogP) is 4.59. The van der Waals surface area contributed by atoms with Gasteiger partial charge in [0.25, 0.3) is 5.91 Å². The van der Waals surface area contributed by atoms with Gasteiger partial charge in [-0.05, 0) is 45.9 Å². The van der Waals surface area contributed by atoms with Crippen LogP contribution in [-0.2, 0) is 0 Å². The average molecular weight is 478 g/mol. The smallest absolute Gasteiger partial charge is 0.256 e. The van der Waals surface area contributed by atoms with E-state index in [-0.39, 0.29) is 17.8 Å². The highest BCUT2D eigenvalue weighted by Gasteiger charge is 2.30. The molecule has 0 unspecified atom stereocenters. The van der Waals surface area contributed by atoms with E-state index in [1.165, 1.54) is 18.4 Å². The van der Waals surface area contributed by atoms with Crippen molar-refractivity contribution in [1.82, 2.24) is 5.32 Å². The Morgan fingerprint density at radius 3 is 2.69 bits per heavy atom. The number of carbonyl (C=O) groups is 1. The molecule has 0 saturated carbocycles. The molecule has 4 rings (SSSR count). The standard InChI is InChI=1S/C19H15IN2O3S/c1-25-14-8-11(7-13(20)16(14)23)17-21-18(24)15-12(9-26-19(15)22-17)10-5-3-2-4-6-10/h2-9,17,22-23H,1H3,(H,21,24)/t17-/m1/s1. The number of amides is 1. The number of anilines is 1. The molecule has 2 heterocycles. The summed E-state index contributed by atoms with van der Waals surface area (Å²) in [5.41, 5.74) is 3.42. The maximum Gasteiger partial charge on any atom is 0.256 e. The highest BCUT2D eigenvalue weighted by molar-refractivity contribution is 14.1. The van der Waals surface area contributed by atoms with E-state index in [2.05, 4.69) is 10.6 Å². The van der Waals surface area contributed by atoms with Crippen LogP contribution < -0.4 is 15.4 Å². The molecular formula is C19H15IN2O3S. The second-order valence-corrected chi connectivity index (χ2v) is 7.87. The number of halogens is 1. The van der Waals surface area contributed by atoms with E-state index in [9.17, 15) is 9.90 Å². The highest BCUT2D eigenvalue weighted by Crippen LogP contribution is 2.41. The summed E-state index contributed by atoms with van der Waals surface area (Å²) in [7, 11) is 1.51. The molecule has 0 aliphatic carbocycles. The van der Waals surface area contributed by atoms with Gasteiger partial charge in [0.05, 0.1) is 16.2 Å². The predicted molar refractivity (Wildman–Crippen MR) is 111 cm³/mol. The average Bonchev–Trinajstić information content (AvgIpc) is 3.09. The van der Waals surface area contributed by atoms with Crippen LogP contribution in [0.2, 0.25) is 0 Å². The molecule has 0 saturated heterocycles. The third kappa shape index (κ3) is 2.90. The van der Waals surface area contributed by atoms with Gasteiger partial charge in [0.1, 0.15) is 11.2 Å². The molecule has 1 aliphatic rings. The first kappa shape index (κ1) is 17.2. The Morgan fingerprint density at radius 2 is 1.96 bits per heavy atom. The number of rotatable bonds is 3. The third-order valence-corrected chi connectivity index (χ3v) is 5.99. The summed E-state index contributed by atoms with van der Waals surface area (Å²) in [6.45, 7) is 0. The number of thiophene rings is 1. The van der Waals surface area contributed by atoms with Crippen LogP contribution in [0.15, 0.2) is 47.8 Å². The topological polar surface area (TPSA) is 70.6 Å². The second-order valence-electron chi connectivity index (χ2n) is 5.82. The van der Waals surface area contributed by atoms with Crippen LogP contribution in [0.4, 0.5) is 5.00 Å². The van der Waals surface area contributed by atoms with E-state index < -0.39 is 0 Å². The first-order valence-electron chi connectivity index (χ1n) is 7.89. The number of fused-ring (bicyclic) bond motifs is 1. The summed E-state index contributed by atoms with van der Waals surface area (Å²) >= 11 is 3.56. The van der Waals surface area contributed by atoms with Crippen LogP contribution in [0.5, 0.6) is 11.5 Å². The fourth-order valence-electron chi connectivity index (χ4n) is 2.97. The lowest BCUT2D eigenvalue weighted by atomic mass is 10.0. The number of ether oxygens (including phenoxy) is 1.